The normalized spacial score (nSPS) is 15.3. The monoisotopic (exact) mass is 386 g/mol. The molecule has 0 radical (unpaired) electrons. The van der Waals surface area contributed by atoms with Crippen molar-refractivity contribution in [3.05, 3.63) is 29.8 Å². The fraction of sp³-hybridized carbons (Fsp3) is 0.529. The summed E-state index contributed by atoms with van der Waals surface area (Å²) in [5.74, 6) is 0. The van der Waals surface area contributed by atoms with Crippen LogP contribution in [0.2, 0.25) is 0 Å². The van der Waals surface area contributed by atoms with Gasteiger partial charge in [0.1, 0.15) is 0 Å². The molecule has 1 N–H and O–H groups in total. The Hall–Kier alpha value is -1.89. The van der Waals surface area contributed by atoms with Crippen LogP contribution < -0.4 is 10.2 Å². The van der Waals surface area contributed by atoms with Gasteiger partial charge in [-0.15, -0.1) is 0 Å². The Morgan fingerprint density at radius 3 is 2.73 bits per heavy atom. The van der Waals surface area contributed by atoms with Crippen molar-refractivity contribution in [1.29, 1.82) is 5.26 Å². The Morgan fingerprint density at radius 1 is 1.35 bits per heavy atom. The van der Waals surface area contributed by atoms with Crippen LogP contribution in [0.25, 0.3) is 0 Å². The zero-order valence-electron chi connectivity index (χ0n) is 14.3. The van der Waals surface area contributed by atoms with Crippen LogP contribution in [0.5, 0.6) is 0 Å². The minimum Gasteiger partial charge on any atom is -0.379 e. The largest absolute Gasteiger partial charge is 0.416 e. The molecular formula is C17H21F3N4OS. The summed E-state index contributed by atoms with van der Waals surface area (Å²) < 4.78 is 44.2. The van der Waals surface area contributed by atoms with Crippen LogP contribution in [0, 0.1) is 11.3 Å². The number of hydrogen-bond donors (Lipinski definition) is 1. The van der Waals surface area contributed by atoms with E-state index in [1.807, 2.05) is 6.07 Å². The van der Waals surface area contributed by atoms with E-state index in [-0.39, 0.29) is 13.0 Å². The van der Waals surface area contributed by atoms with Gasteiger partial charge in [-0.2, -0.15) is 18.4 Å². The molecule has 2 rings (SSSR count). The number of nitrogens with zero attached hydrogens (tertiary/aromatic N) is 3. The molecule has 0 unspecified atom stereocenters. The summed E-state index contributed by atoms with van der Waals surface area (Å²) in [6.45, 7) is 4.65. The topological polar surface area (TPSA) is 51.5 Å². The summed E-state index contributed by atoms with van der Waals surface area (Å²) in [4.78, 5) is 3.76. The number of hydrogen-bond acceptors (Lipinski definition) is 4. The number of benzene rings is 1. The van der Waals surface area contributed by atoms with E-state index in [1.54, 1.807) is 6.07 Å². The molecule has 1 aromatic rings. The van der Waals surface area contributed by atoms with Crippen molar-refractivity contribution < 1.29 is 17.9 Å². The molecule has 1 saturated heterocycles. The molecule has 0 spiro atoms. The number of nitrogens with one attached hydrogen (secondary N) is 1. The number of nitriles is 1. The van der Waals surface area contributed by atoms with E-state index in [4.69, 9.17) is 22.2 Å². The van der Waals surface area contributed by atoms with Crippen LogP contribution in [-0.4, -0.2) is 55.9 Å². The predicted octanol–water partition coefficient (Wildman–Crippen LogP) is 2.63. The zero-order chi connectivity index (χ0) is 19.0. The molecule has 0 bridgehead atoms. The number of ether oxygens (including phenoxy) is 1. The maximum absolute atomic E-state index is 13.0. The van der Waals surface area contributed by atoms with Crippen molar-refractivity contribution in [3.8, 4) is 6.07 Å². The second kappa shape index (κ2) is 9.71. The smallest absolute Gasteiger partial charge is 0.379 e. The highest BCUT2D eigenvalue weighted by Crippen LogP contribution is 2.31. The van der Waals surface area contributed by atoms with E-state index in [0.29, 0.717) is 30.6 Å². The third kappa shape index (κ3) is 6.12. The van der Waals surface area contributed by atoms with E-state index in [0.717, 1.165) is 31.8 Å². The van der Waals surface area contributed by atoms with Crippen molar-refractivity contribution >= 4 is 23.0 Å². The second-order valence-electron chi connectivity index (χ2n) is 5.79. The molecule has 5 nitrogen and oxygen atoms in total. The molecule has 142 valence electrons. The lowest BCUT2D eigenvalue weighted by Crippen LogP contribution is -2.45. The molecule has 0 aliphatic carbocycles. The highest BCUT2D eigenvalue weighted by atomic mass is 32.1. The number of rotatable bonds is 6. The third-order valence-electron chi connectivity index (χ3n) is 3.99. The summed E-state index contributed by atoms with van der Waals surface area (Å²) in [6.07, 6.45) is -4.27. The quantitative estimate of drug-likeness (QED) is 0.759. The summed E-state index contributed by atoms with van der Waals surface area (Å²) in [6, 6.07) is 6.96. The minimum atomic E-state index is -4.43. The summed E-state index contributed by atoms with van der Waals surface area (Å²) >= 11 is 5.36. The summed E-state index contributed by atoms with van der Waals surface area (Å²) in [5, 5.41) is 12.2. The molecule has 26 heavy (non-hydrogen) atoms. The van der Waals surface area contributed by atoms with Crippen molar-refractivity contribution in [3.63, 3.8) is 0 Å². The second-order valence-corrected chi connectivity index (χ2v) is 6.18. The summed E-state index contributed by atoms with van der Waals surface area (Å²) in [7, 11) is 0. The minimum absolute atomic E-state index is 0.154. The molecular weight excluding hydrogens is 365 g/mol. The SMILES string of the molecule is N#CCCN(C(=S)NCCN1CCOCC1)c1cccc(C(F)(F)F)c1. The molecule has 0 atom stereocenters. The Balaban J connectivity index is 2.01. The Morgan fingerprint density at radius 2 is 2.08 bits per heavy atom. The van der Waals surface area contributed by atoms with Gasteiger partial charge >= 0.3 is 6.18 Å². The van der Waals surface area contributed by atoms with Crippen LogP contribution in [0.4, 0.5) is 18.9 Å². The number of halogens is 3. The number of alkyl halides is 3. The van der Waals surface area contributed by atoms with E-state index in [1.165, 1.54) is 11.0 Å². The van der Waals surface area contributed by atoms with Gasteiger partial charge in [-0.05, 0) is 30.4 Å². The number of thiocarbonyl (C=S) groups is 1. The highest BCUT2D eigenvalue weighted by molar-refractivity contribution is 7.80. The van der Waals surface area contributed by atoms with Gasteiger partial charge in [0.15, 0.2) is 5.11 Å². The fourth-order valence-corrected chi connectivity index (χ4v) is 2.90. The average Bonchev–Trinajstić information content (AvgIpc) is 2.62. The van der Waals surface area contributed by atoms with E-state index in [2.05, 4.69) is 10.2 Å². The molecule has 1 fully saturated rings. The Bertz CT molecular complexity index is 642. The first-order valence-corrected chi connectivity index (χ1v) is 8.72. The van der Waals surface area contributed by atoms with Crippen molar-refractivity contribution in [2.75, 3.05) is 50.8 Å². The molecule has 9 heteroatoms. The number of morpholine rings is 1. The first-order valence-electron chi connectivity index (χ1n) is 8.31. The molecule has 1 aliphatic rings. The van der Waals surface area contributed by atoms with Gasteiger partial charge in [0, 0.05) is 38.4 Å². The molecule has 0 aromatic heterocycles. The predicted molar refractivity (Wildman–Crippen MR) is 96.9 cm³/mol. The van der Waals surface area contributed by atoms with Crippen LogP contribution in [0.15, 0.2) is 24.3 Å². The Kier molecular flexibility index (Phi) is 7.63. The van der Waals surface area contributed by atoms with Gasteiger partial charge in [-0.1, -0.05) is 6.07 Å². The van der Waals surface area contributed by atoms with Crippen molar-refractivity contribution in [2.45, 2.75) is 12.6 Å². The maximum atomic E-state index is 13.0. The Labute approximate surface area is 156 Å². The van der Waals surface area contributed by atoms with Gasteiger partial charge in [0.2, 0.25) is 0 Å². The van der Waals surface area contributed by atoms with Gasteiger partial charge in [-0.3, -0.25) is 4.90 Å². The van der Waals surface area contributed by atoms with Gasteiger partial charge in [-0.25, -0.2) is 0 Å². The summed E-state index contributed by atoms with van der Waals surface area (Å²) in [5.41, 5.74) is -0.424. The number of anilines is 1. The molecule has 0 saturated carbocycles. The lowest BCUT2D eigenvalue weighted by Gasteiger charge is -2.29. The van der Waals surface area contributed by atoms with Crippen LogP contribution >= 0.6 is 12.2 Å². The van der Waals surface area contributed by atoms with Crippen molar-refractivity contribution in [1.82, 2.24) is 10.2 Å². The van der Waals surface area contributed by atoms with E-state index in [9.17, 15) is 13.2 Å². The van der Waals surface area contributed by atoms with Crippen LogP contribution in [-0.2, 0) is 10.9 Å². The maximum Gasteiger partial charge on any atom is 0.416 e. The van der Waals surface area contributed by atoms with Crippen LogP contribution in [0.3, 0.4) is 0 Å². The standard InChI is InChI=1S/C17H21F3N4OS/c18-17(19,20)14-3-1-4-15(13-14)24(7-2-5-21)16(26)22-6-8-23-9-11-25-12-10-23/h1,3-4,13H,2,6-12H2,(H,22,26). The van der Waals surface area contributed by atoms with Gasteiger partial charge in [0.05, 0.1) is 31.3 Å². The van der Waals surface area contributed by atoms with E-state index >= 15 is 0 Å². The van der Waals surface area contributed by atoms with Crippen LogP contribution in [0.1, 0.15) is 12.0 Å². The molecule has 0 amide bonds. The molecule has 1 aliphatic heterocycles. The molecule has 1 heterocycles. The first-order chi connectivity index (χ1) is 12.4. The zero-order valence-corrected chi connectivity index (χ0v) is 15.1. The van der Waals surface area contributed by atoms with E-state index < -0.39 is 11.7 Å². The first kappa shape index (κ1) is 20.4. The highest BCUT2D eigenvalue weighted by Gasteiger charge is 2.31. The third-order valence-corrected chi connectivity index (χ3v) is 4.35. The lowest BCUT2D eigenvalue weighted by atomic mass is 10.2. The molecule has 1 aromatic carbocycles. The van der Waals surface area contributed by atoms with Gasteiger partial charge in [0.25, 0.3) is 0 Å². The van der Waals surface area contributed by atoms with Gasteiger partial charge < -0.3 is 15.0 Å². The van der Waals surface area contributed by atoms with Crippen molar-refractivity contribution in [2.24, 2.45) is 0 Å². The fourth-order valence-electron chi connectivity index (χ4n) is 2.60. The average molecular weight is 386 g/mol. The lowest BCUT2D eigenvalue weighted by molar-refractivity contribution is -0.137.